The van der Waals surface area contributed by atoms with Gasteiger partial charge < -0.3 is 24.3 Å². The first kappa shape index (κ1) is 26.2. The predicted octanol–water partition coefficient (Wildman–Crippen LogP) is 3.85. The van der Waals surface area contributed by atoms with Gasteiger partial charge in [0.25, 0.3) is 15.9 Å². The van der Waals surface area contributed by atoms with E-state index < -0.39 is 28.1 Å². The maximum Gasteiger partial charge on any atom is 0.264 e. The highest BCUT2D eigenvalue weighted by Gasteiger charge is 2.38. The Kier molecular flexibility index (Phi) is 7.49. The summed E-state index contributed by atoms with van der Waals surface area (Å²) in [4.78, 5) is 13.4. The summed E-state index contributed by atoms with van der Waals surface area (Å²) < 4.78 is 50.5. The molecule has 0 saturated carbocycles. The molecule has 1 aliphatic rings. The van der Waals surface area contributed by atoms with Gasteiger partial charge in [0, 0.05) is 5.56 Å². The second-order valence-corrected chi connectivity index (χ2v) is 10.5. The monoisotopic (exact) mass is 526 g/mol. The normalized spacial score (nSPS) is 15.7. The molecule has 9 nitrogen and oxygen atoms in total. The average molecular weight is 527 g/mol. The first-order valence-electron chi connectivity index (χ1n) is 11.6. The van der Waals surface area contributed by atoms with Crippen LogP contribution in [0.4, 0.5) is 5.69 Å². The minimum absolute atomic E-state index is 0.0799. The van der Waals surface area contributed by atoms with Crippen molar-refractivity contribution in [1.29, 1.82) is 0 Å². The lowest BCUT2D eigenvalue weighted by Crippen LogP contribution is -2.51. The van der Waals surface area contributed by atoms with Gasteiger partial charge >= 0.3 is 0 Å². The Bertz CT molecular complexity index is 1390. The number of fused-ring (bicyclic) bond motifs is 1. The number of carbonyl (C=O) groups excluding carboxylic acids is 1. The summed E-state index contributed by atoms with van der Waals surface area (Å²) >= 11 is 0. The molecule has 0 unspecified atom stereocenters. The summed E-state index contributed by atoms with van der Waals surface area (Å²) in [6.45, 7) is 3.47. The van der Waals surface area contributed by atoms with Gasteiger partial charge in [0.2, 0.25) is 0 Å². The molecule has 1 heterocycles. The molecule has 2 atom stereocenters. The van der Waals surface area contributed by atoms with Crippen LogP contribution >= 0.6 is 0 Å². The Morgan fingerprint density at radius 3 is 2.30 bits per heavy atom. The number of hydrogen-bond acceptors (Lipinski definition) is 7. The van der Waals surface area contributed by atoms with E-state index in [9.17, 15) is 13.2 Å². The summed E-state index contributed by atoms with van der Waals surface area (Å²) in [5.74, 6) is 1.59. The van der Waals surface area contributed by atoms with Crippen LogP contribution in [0.2, 0.25) is 0 Å². The molecule has 10 heteroatoms. The average Bonchev–Trinajstić information content (AvgIpc) is 2.91. The zero-order valence-corrected chi connectivity index (χ0v) is 22.2. The van der Waals surface area contributed by atoms with Crippen molar-refractivity contribution in [2.45, 2.75) is 30.9 Å². The number of nitrogens with one attached hydrogen (secondary N) is 1. The lowest BCUT2D eigenvalue weighted by molar-refractivity contribution is -0.128. The van der Waals surface area contributed by atoms with Gasteiger partial charge in [-0.05, 0) is 74.0 Å². The van der Waals surface area contributed by atoms with Crippen molar-refractivity contribution in [3.05, 3.63) is 71.8 Å². The molecule has 3 aromatic rings. The first-order valence-corrected chi connectivity index (χ1v) is 13.1. The molecule has 1 N–H and O–H groups in total. The number of nitrogens with zero attached hydrogens (tertiary/aromatic N) is 1. The largest absolute Gasteiger partial charge is 0.497 e. The molecule has 0 radical (unpaired) electrons. The highest BCUT2D eigenvalue weighted by atomic mass is 32.2. The van der Waals surface area contributed by atoms with Crippen LogP contribution in [0.3, 0.4) is 0 Å². The van der Waals surface area contributed by atoms with Crippen LogP contribution in [0.25, 0.3) is 0 Å². The van der Waals surface area contributed by atoms with E-state index in [0.29, 0.717) is 34.2 Å². The van der Waals surface area contributed by atoms with Crippen molar-refractivity contribution in [2.24, 2.45) is 0 Å². The second-order valence-electron chi connectivity index (χ2n) is 8.63. The Hall–Kier alpha value is -3.92. The number of anilines is 1. The van der Waals surface area contributed by atoms with Crippen LogP contribution in [-0.2, 0) is 14.8 Å². The second kappa shape index (κ2) is 10.6. The number of ether oxygens (including phenoxy) is 4. The van der Waals surface area contributed by atoms with Crippen LogP contribution in [0.5, 0.6) is 23.0 Å². The lowest BCUT2D eigenvalue weighted by atomic mass is 10.1. The number of hydrogen-bond donors (Lipinski definition) is 1. The molecule has 37 heavy (non-hydrogen) atoms. The molecular formula is C27H30N2O7S. The Labute approximate surface area is 217 Å². The third kappa shape index (κ3) is 5.29. The number of methoxy groups -OCH3 is 3. The molecule has 1 amide bonds. The van der Waals surface area contributed by atoms with Crippen LogP contribution in [-0.4, -0.2) is 48.3 Å². The zero-order valence-electron chi connectivity index (χ0n) is 21.3. The molecule has 4 rings (SSSR count). The van der Waals surface area contributed by atoms with Gasteiger partial charge in [-0.2, -0.15) is 0 Å². The van der Waals surface area contributed by atoms with Gasteiger partial charge in [0.1, 0.15) is 23.0 Å². The first-order chi connectivity index (χ1) is 17.7. The summed E-state index contributed by atoms with van der Waals surface area (Å²) in [5.41, 5.74) is 1.95. The molecule has 0 fully saturated rings. The summed E-state index contributed by atoms with van der Waals surface area (Å²) in [6.07, 6.45) is -1.08. The topological polar surface area (TPSA) is 103 Å². The number of aryl methyl sites for hydroxylation is 1. The predicted molar refractivity (Wildman–Crippen MR) is 139 cm³/mol. The maximum atomic E-state index is 13.7. The molecule has 0 aliphatic carbocycles. The number of rotatable bonds is 8. The standard InChI is InChI=1S/C27H30N2O7S/c1-17-6-12-25-23(14-17)29(37(31,32)21-10-7-19(33-3)8-11-21)16-26(36-25)27(30)28-18(2)22-15-20(34-4)9-13-24(22)35-5/h6-15,18,26H,16H2,1-5H3,(H,28,30)/t18-,26+/m0/s1. The maximum absolute atomic E-state index is 13.7. The van der Waals surface area contributed by atoms with Crippen LogP contribution in [0.1, 0.15) is 24.1 Å². The molecule has 1 aliphatic heterocycles. The fourth-order valence-corrected chi connectivity index (χ4v) is 5.63. The van der Waals surface area contributed by atoms with Gasteiger partial charge in [0.15, 0.2) is 6.10 Å². The Balaban J connectivity index is 1.64. The van der Waals surface area contributed by atoms with Gasteiger partial charge in [-0.1, -0.05) is 6.07 Å². The van der Waals surface area contributed by atoms with Gasteiger partial charge in [-0.25, -0.2) is 8.42 Å². The van der Waals surface area contributed by atoms with Gasteiger partial charge in [-0.3, -0.25) is 9.10 Å². The molecule has 0 spiro atoms. The van der Waals surface area contributed by atoms with E-state index >= 15 is 0 Å². The minimum atomic E-state index is -4.00. The summed E-state index contributed by atoms with van der Waals surface area (Å²) in [5, 5.41) is 2.92. The van der Waals surface area contributed by atoms with Crippen molar-refractivity contribution in [3.63, 3.8) is 0 Å². The lowest BCUT2D eigenvalue weighted by Gasteiger charge is -2.35. The van der Waals surface area contributed by atoms with Gasteiger partial charge in [-0.15, -0.1) is 0 Å². The van der Waals surface area contributed by atoms with Crippen LogP contribution in [0, 0.1) is 6.92 Å². The van der Waals surface area contributed by atoms with E-state index in [1.54, 1.807) is 69.7 Å². The smallest absolute Gasteiger partial charge is 0.264 e. The van der Waals surface area contributed by atoms with E-state index in [0.717, 1.165) is 5.56 Å². The number of carbonyl (C=O) groups is 1. The number of sulfonamides is 1. The van der Waals surface area contributed by atoms with Crippen molar-refractivity contribution in [3.8, 4) is 23.0 Å². The van der Waals surface area contributed by atoms with E-state index in [1.807, 2.05) is 6.92 Å². The molecule has 196 valence electrons. The molecule has 3 aromatic carbocycles. The molecule has 0 bridgehead atoms. The Morgan fingerprint density at radius 2 is 1.65 bits per heavy atom. The molecule has 0 saturated heterocycles. The van der Waals surface area contributed by atoms with Crippen molar-refractivity contribution in [2.75, 3.05) is 32.2 Å². The summed E-state index contributed by atoms with van der Waals surface area (Å²) in [6, 6.07) is 16.2. The van der Waals surface area contributed by atoms with Crippen molar-refractivity contribution >= 4 is 21.6 Å². The van der Waals surface area contributed by atoms with E-state index in [-0.39, 0.29) is 11.4 Å². The number of benzene rings is 3. The fourth-order valence-electron chi connectivity index (χ4n) is 4.16. The molecule has 0 aromatic heterocycles. The summed E-state index contributed by atoms with van der Waals surface area (Å²) in [7, 11) is 0.611. The van der Waals surface area contributed by atoms with E-state index in [4.69, 9.17) is 18.9 Å². The van der Waals surface area contributed by atoms with Gasteiger partial charge in [0.05, 0.1) is 44.5 Å². The fraction of sp³-hybridized carbons (Fsp3) is 0.296. The molecular weight excluding hydrogens is 496 g/mol. The zero-order chi connectivity index (χ0) is 26.7. The van der Waals surface area contributed by atoms with Crippen LogP contribution < -0.4 is 28.6 Å². The van der Waals surface area contributed by atoms with Crippen molar-refractivity contribution in [1.82, 2.24) is 5.32 Å². The quantitative estimate of drug-likeness (QED) is 0.476. The number of amides is 1. The highest BCUT2D eigenvalue weighted by Crippen LogP contribution is 2.38. The third-order valence-corrected chi connectivity index (χ3v) is 7.98. The van der Waals surface area contributed by atoms with E-state index in [1.165, 1.54) is 23.5 Å². The minimum Gasteiger partial charge on any atom is -0.497 e. The highest BCUT2D eigenvalue weighted by molar-refractivity contribution is 7.92. The van der Waals surface area contributed by atoms with Crippen molar-refractivity contribution < 1.29 is 32.2 Å². The Morgan fingerprint density at radius 1 is 0.973 bits per heavy atom. The SMILES string of the molecule is COc1ccc(S(=O)(=O)N2C[C@H](C(=O)N[C@@H](C)c3cc(OC)ccc3OC)Oc3ccc(C)cc32)cc1. The van der Waals surface area contributed by atoms with E-state index in [2.05, 4.69) is 5.32 Å². The third-order valence-electron chi connectivity index (χ3n) is 6.19. The van der Waals surface area contributed by atoms with Crippen LogP contribution in [0.15, 0.2) is 65.6 Å².